The predicted octanol–water partition coefficient (Wildman–Crippen LogP) is 5.77. The van der Waals surface area contributed by atoms with Gasteiger partial charge in [-0.25, -0.2) is 18.0 Å². The summed E-state index contributed by atoms with van der Waals surface area (Å²) in [6.07, 6.45) is -1.63. The normalized spacial score (nSPS) is 10.8. The molecule has 2 aromatic rings. The molecule has 2 rings (SSSR count). The third-order valence-corrected chi connectivity index (χ3v) is 4.66. The SMILES string of the molecule is CCc1cc(C(F)F)c(OCc2c(OC(=O)OC)cccc2SC)cc1F. The molecule has 0 aromatic heterocycles. The van der Waals surface area contributed by atoms with Gasteiger partial charge in [-0.3, -0.25) is 0 Å². The summed E-state index contributed by atoms with van der Waals surface area (Å²) in [7, 11) is 1.17. The first-order chi connectivity index (χ1) is 12.9. The van der Waals surface area contributed by atoms with Gasteiger partial charge in [0.2, 0.25) is 0 Å². The molecular formula is C19H19F3O4S. The quantitative estimate of drug-likeness (QED) is 0.335. The van der Waals surface area contributed by atoms with Gasteiger partial charge in [-0.15, -0.1) is 11.8 Å². The number of carbonyl (C=O) groups excluding carboxylic acids is 1. The monoisotopic (exact) mass is 400 g/mol. The lowest BCUT2D eigenvalue weighted by Gasteiger charge is -2.16. The number of halogens is 3. The number of carbonyl (C=O) groups is 1. The molecule has 4 nitrogen and oxygen atoms in total. The van der Waals surface area contributed by atoms with Gasteiger partial charge < -0.3 is 14.2 Å². The van der Waals surface area contributed by atoms with Crippen molar-refractivity contribution in [2.45, 2.75) is 31.3 Å². The van der Waals surface area contributed by atoms with Crippen LogP contribution in [0.4, 0.5) is 18.0 Å². The van der Waals surface area contributed by atoms with E-state index in [1.165, 1.54) is 24.9 Å². The van der Waals surface area contributed by atoms with Gasteiger partial charge in [0.15, 0.2) is 0 Å². The van der Waals surface area contributed by atoms with Gasteiger partial charge in [-0.1, -0.05) is 13.0 Å². The number of ether oxygens (including phenoxy) is 3. The van der Waals surface area contributed by atoms with E-state index in [0.717, 1.165) is 17.0 Å². The lowest BCUT2D eigenvalue weighted by atomic mass is 10.1. The van der Waals surface area contributed by atoms with Crippen molar-refractivity contribution >= 4 is 17.9 Å². The minimum Gasteiger partial charge on any atom is -0.488 e. The topological polar surface area (TPSA) is 44.8 Å². The summed E-state index contributed by atoms with van der Waals surface area (Å²) in [4.78, 5) is 12.1. The molecule has 2 aromatic carbocycles. The van der Waals surface area contributed by atoms with E-state index in [0.29, 0.717) is 5.56 Å². The van der Waals surface area contributed by atoms with Gasteiger partial charge in [0.25, 0.3) is 6.43 Å². The molecule has 8 heteroatoms. The van der Waals surface area contributed by atoms with Crippen molar-refractivity contribution in [3.63, 3.8) is 0 Å². The molecule has 0 aliphatic carbocycles. The number of aryl methyl sites for hydroxylation is 1. The summed E-state index contributed by atoms with van der Waals surface area (Å²) in [5, 5.41) is 0. The molecule has 0 N–H and O–H groups in total. The Hall–Kier alpha value is -2.35. The summed E-state index contributed by atoms with van der Waals surface area (Å²) in [5.74, 6) is -0.682. The van der Waals surface area contributed by atoms with E-state index >= 15 is 0 Å². The van der Waals surface area contributed by atoms with Crippen LogP contribution >= 0.6 is 11.8 Å². The minimum atomic E-state index is -2.81. The molecule has 0 heterocycles. The van der Waals surface area contributed by atoms with Crippen molar-refractivity contribution < 1.29 is 32.2 Å². The van der Waals surface area contributed by atoms with Crippen LogP contribution in [0.15, 0.2) is 35.2 Å². The molecule has 0 aliphatic rings. The molecule has 146 valence electrons. The Kier molecular flexibility index (Phi) is 7.41. The van der Waals surface area contributed by atoms with Gasteiger partial charge in [-0.05, 0) is 36.4 Å². The highest BCUT2D eigenvalue weighted by Gasteiger charge is 2.20. The first kappa shape index (κ1) is 21.0. The Balaban J connectivity index is 2.36. The van der Waals surface area contributed by atoms with Crippen molar-refractivity contribution in [1.29, 1.82) is 0 Å². The van der Waals surface area contributed by atoms with E-state index in [2.05, 4.69) is 4.74 Å². The summed E-state index contributed by atoms with van der Waals surface area (Å²) in [5.41, 5.74) is 0.276. The molecular weight excluding hydrogens is 381 g/mol. The molecule has 0 saturated heterocycles. The smallest absolute Gasteiger partial charge is 0.488 e. The molecule has 0 radical (unpaired) electrons. The Morgan fingerprint density at radius 1 is 1.22 bits per heavy atom. The zero-order valence-electron chi connectivity index (χ0n) is 15.1. The molecule has 27 heavy (non-hydrogen) atoms. The number of methoxy groups -OCH3 is 1. The first-order valence-electron chi connectivity index (χ1n) is 8.06. The Labute approximate surface area is 159 Å². The fourth-order valence-corrected chi connectivity index (χ4v) is 3.06. The van der Waals surface area contributed by atoms with E-state index in [1.807, 2.05) is 0 Å². The van der Waals surface area contributed by atoms with Gasteiger partial charge in [0.05, 0.1) is 12.7 Å². The highest BCUT2D eigenvalue weighted by Crippen LogP contribution is 2.35. The van der Waals surface area contributed by atoms with Gasteiger partial charge in [0.1, 0.15) is 23.9 Å². The third kappa shape index (κ3) is 5.09. The number of rotatable bonds is 7. The van der Waals surface area contributed by atoms with Crippen molar-refractivity contribution in [3.05, 3.63) is 52.8 Å². The second-order valence-corrected chi connectivity index (χ2v) is 6.27. The van der Waals surface area contributed by atoms with Crippen molar-refractivity contribution in [3.8, 4) is 11.5 Å². The van der Waals surface area contributed by atoms with E-state index < -0.39 is 18.4 Å². The number of thioether (sulfide) groups is 1. The van der Waals surface area contributed by atoms with Crippen LogP contribution in [0.2, 0.25) is 0 Å². The van der Waals surface area contributed by atoms with Gasteiger partial charge in [0, 0.05) is 16.5 Å². The molecule has 0 spiro atoms. The summed E-state index contributed by atoms with van der Waals surface area (Å²) >= 11 is 1.36. The fourth-order valence-electron chi connectivity index (χ4n) is 2.44. The predicted molar refractivity (Wildman–Crippen MR) is 96.3 cm³/mol. The maximum atomic E-state index is 14.0. The Morgan fingerprint density at radius 3 is 2.56 bits per heavy atom. The Bertz CT molecular complexity index is 812. The number of benzene rings is 2. The van der Waals surface area contributed by atoms with Crippen molar-refractivity contribution in [1.82, 2.24) is 0 Å². The molecule has 0 fully saturated rings. The van der Waals surface area contributed by atoms with Crippen LogP contribution in [-0.4, -0.2) is 19.5 Å². The number of alkyl halides is 2. The van der Waals surface area contributed by atoms with E-state index in [4.69, 9.17) is 9.47 Å². The zero-order chi connectivity index (χ0) is 20.0. The summed E-state index contributed by atoms with van der Waals surface area (Å²) in [6.45, 7) is 1.49. The number of hydrogen-bond donors (Lipinski definition) is 0. The second-order valence-electron chi connectivity index (χ2n) is 5.42. The van der Waals surface area contributed by atoms with Gasteiger partial charge in [-0.2, -0.15) is 0 Å². The van der Waals surface area contributed by atoms with E-state index in [9.17, 15) is 18.0 Å². The van der Waals surface area contributed by atoms with Gasteiger partial charge >= 0.3 is 6.16 Å². The molecule has 0 aliphatic heterocycles. The molecule has 0 atom stereocenters. The second kappa shape index (κ2) is 9.55. The van der Waals surface area contributed by atoms with Crippen LogP contribution in [0.3, 0.4) is 0 Å². The van der Waals surface area contributed by atoms with Crippen molar-refractivity contribution in [2.75, 3.05) is 13.4 Å². The molecule has 0 amide bonds. The summed E-state index contributed by atoms with van der Waals surface area (Å²) < 4.78 is 55.8. The van der Waals surface area contributed by atoms with Crippen LogP contribution in [-0.2, 0) is 17.8 Å². The van der Waals surface area contributed by atoms with Crippen LogP contribution in [0.1, 0.15) is 30.0 Å². The van der Waals surface area contributed by atoms with Crippen LogP contribution in [0.25, 0.3) is 0 Å². The molecule has 0 bridgehead atoms. The van der Waals surface area contributed by atoms with Crippen LogP contribution in [0, 0.1) is 5.82 Å². The van der Waals surface area contributed by atoms with Crippen LogP contribution in [0.5, 0.6) is 11.5 Å². The van der Waals surface area contributed by atoms with E-state index in [-0.39, 0.29) is 35.7 Å². The summed E-state index contributed by atoms with van der Waals surface area (Å²) in [6, 6.07) is 7.05. The average molecular weight is 400 g/mol. The lowest BCUT2D eigenvalue weighted by molar-refractivity contribution is 0.120. The largest absolute Gasteiger partial charge is 0.513 e. The first-order valence-corrected chi connectivity index (χ1v) is 9.28. The standard InChI is InChI=1S/C19H19F3O4S/c1-4-11-8-12(18(21)22)16(9-14(11)20)25-10-13-15(26-19(23)24-2)6-5-7-17(13)27-3/h5-9,18H,4,10H2,1-3H3. The van der Waals surface area contributed by atoms with Crippen LogP contribution < -0.4 is 9.47 Å². The zero-order valence-corrected chi connectivity index (χ0v) is 15.9. The Morgan fingerprint density at radius 2 is 1.96 bits per heavy atom. The number of hydrogen-bond acceptors (Lipinski definition) is 5. The maximum Gasteiger partial charge on any atom is 0.513 e. The van der Waals surface area contributed by atoms with Crippen molar-refractivity contribution in [2.24, 2.45) is 0 Å². The highest BCUT2D eigenvalue weighted by molar-refractivity contribution is 7.98. The lowest BCUT2D eigenvalue weighted by Crippen LogP contribution is -2.11. The van der Waals surface area contributed by atoms with E-state index in [1.54, 1.807) is 25.3 Å². The maximum absolute atomic E-state index is 14.0. The minimum absolute atomic E-state index is 0.179. The molecule has 0 unspecified atom stereocenters. The molecule has 0 saturated carbocycles. The fraction of sp³-hybridized carbons (Fsp3) is 0.316. The third-order valence-electron chi connectivity index (χ3n) is 3.84. The highest BCUT2D eigenvalue weighted by atomic mass is 32.2. The average Bonchev–Trinajstić information content (AvgIpc) is 2.66.